The summed E-state index contributed by atoms with van der Waals surface area (Å²) in [6.45, 7) is 10.9. The van der Waals surface area contributed by atoms with Crippen molar-refractivity contribution < 1.29 is 0 Å². The second-order valence-corrected chi connectivity index (χ2v) is 5.76. The zero-order valence-corrected chi connectivity index (χ0v) is 11.6. The average Bonchev–Trinajstić information content (AvgIpc) is 2.35. The van der Waals surface area contributed by atoms with Gasteiger partial charge < -0.3 is 10.2 Å². The van der Waals surface area contributed by atoms with Crippen LogP contribution in [0.25, 0.3) is 0 Å². The Labute approximate surface area is 106 Å². The van der Waals surface area contributed by atoms with E-state index in [-0.39, 0.29) is 5.41 Å². The molecule has 1 heterocycles. The summed E-state index contributed by atoms with van der Waals surface area (Å²) in [7, 11) is 0. The molecule has 1 fully saturated rings. The Bertz CT molecular complexity index is 249. The van der Waals surface area contributed by atoms with Crippen LogP contribution >= 0.6 is 0 Å². The lowest BCUT2D eigenvalue weighted by Gasteiger charge is -2.35. The van der Waals surface area contributed by atoms with Gasteiger partial charge in [0.1, 0.15) is 0 Å². The lowest BCUT2D eigenvalue weighted by Crippen LogP contribution is -2.44. The van der Waals surface area contributed by atoms with Crippen LogP contribution in [-0.2, 0) is 0 Å². The number of nitriles is 1. The molecule has 0 aliphatic carbocycles. The van der Waals surface area contributed by atoms with Crippen LogP contribution in [0.3, 0.4) is 0 Å². The number of hydrogen-bond donors (Lipinski definition) is 1. The smallest absolute Gasteiger partial charge is 0.0684 e. The normalized spacial score (nSPS) is 18.3. The molecule has 0 aromatic heterocycles. The third kappa shape index (κ3) is 5.06. The van der Waals surface area contributed by atoms with Gasteiger partial charge in [0.25, 0.3) is 0 Å². The zero-order valence-electron chi connectivity index (χ0n) is 11.6. The van der Waals surface area contributed by atoms with Crippen LogP contribution in [0.2, 0.25) is 0 Å². The van der Waals surface area contributed by atoms with Gasteiger partial charge in [-0.15, -0.1) is 0 Å². The minimum absolute atomic E-state index is 0.182. The summed E-state index contributed by atoms with van der Waals surface area (Å²) in [6.07, 6.45) is 4.70. The van der Waals surface area contributed by atoms with Crippen LogP contribution in [0.5, 0.6) is 0 Å². The molecule has 1 saturated heterocycles. The van der Waals surface area contributed by atoms with Crippen LogP contribution < -0.4 is 5.32 Å². The second kappa shape index (κ2) is 6.98. The molecule has 17 heavy (non-hydrogen) atoms. The second-order valence-electron chi connectivity index (χ2n) is 5.76. The highest BCUT2D eigenvalue weighted by Crippen LogP contribution is 2.21. The Kier molecular flexibility index (Phi) is 5.94. The highest BCUT2D eigenvalue weighted by Gasteiger charge is 2.23. The monoisotopic (exact) mass is 237 g/mol. The topological polar surface area (TPSA) is 39.1 Å². The molecule has 0 aromatic rings. The first-order chi connectivity index (χ1) is 8.09. The molecule has 1 aliphatic heterocycles. The van der Waals surface area contributed by atoms with E-state index in [9.17, 15) is 0 Å². The minimum atomic E-state index is -0.182. The van der Waals surface area contributed by atoms with Gasteiger partial charge in [0.2, 0.25) is 0 Å². The Morgan fingerprint density at radius 2 is 1.94 bits per heavy atom. The summed E-state index contributed by atoms with van der Waals surface area (Å²) in [5, 5.41) is 12.5. The highest BCUT2D eigenvalue weighted by molar-refractivity contribution is 4.92. The Hall–Kier alpha value is -0.590. The van der Waals surface area contributed by atoms with Crippen molar-refractivity contribution in [2.75, 3.05) is 26.2 Å². The van der Waals surface area contributed by atoms with Crippen LogP contribution in [-0.4, -0.2) is 37.1 Å². The first-order valence-electron chi connectivity index (χ1n) is 6.95. The Morgan fingerprint density at radius 1 is 1.29 bits per heavy atom. The molecule has 0 atom stereocenters. The van der Waals surface area contributed by atoms with Gasteiger partial charge in [0.15, 0.2) is 0 Å². The average molecular weight is 237 g/mol. The molecule has 1 N–H and O–H groups in total. The lowest BCUT2D eigenvalue weighted by molar-refractivity contribution is 0.148. The Morgan fingerprint density at radius 3 is 2.47 bits per heavy atom. The summed E-state index contributed by atoms with van der Waals surface area (Å²) < 4.78 is 0. The van der Waals surface area contributed by atoms with Crippen molar-refractivity contribution in [1.29, 1.82) is 5.26 Å². The van der Waals surface area contributed by atoms with E-state index in [2.05, 4.69) is 23.2 Å². The van der Waals surface area contributed by atoms with E-state index >= 15 is 0 Å². The third-order valence-corrected chi connectivity index (χ3v) is 3.66. The molecule has 3 nitrogen and oxygen atoms in total. The fraction of sp³-hybridized carbons (Fsp3) is 0.929. The molecule has 1 rings (SSSR count). The first kappa shape index (κ1) is 14.5. The zero-order chi connectivity index (χ0) is 12.7. The predicted octanol–water partition coefficient (Wildman–Crippen LogP) is 2.39. The molecule has 3 heteroatoms. The molecular weight excluding hydrogens is 210 g/mol. The molecule has 0 unspecified atom stereocenters. The maximum absolute atomic E-state index is 9.07. The van der Waals surface area contributed by atoms with E-state index in [0.29, 0.717) is 0 Å². The standard InChI is InChI=1S/C14H27N3/c1-4-10-17(11-7-14(2,3)12-15)13-5-8-16-9-6-13/h13,16H,4-11H2,1-3H3. The quantitative estimate of drug-likeness (QED) is 0.771. The molecule has 1 aliphatic rings. The van der Waals surface area contributed by atoms with Crippen molar-refractivity contribution in [2.24, 2.45) is 5.41 Å². The van der Waals surface area contributed by atoms with E-state index in [1.54, 1.807) is 0 Å². The number of hydrogen-bond acceptors (Lipinski definition) is 3. The molecule has 0 saturated carbocycles. The minimum Gasteiger partial charge on any atom is -0.317 e. The molecule has 0 radical (unpaired) electrons. The fourth-order valence-electron chi connectivity index (χ4n) is 2.42. The largest absolute Gasteiger partial charge is 0.317 e. The third-order valence-electron chi connectivity index (χ3n) is 3.66. The molecule has 98 valence electrons. The van der Waals surface area contributed by atoms with Gasteiger partial charge in [-0.1, -0.05) is 6.92 Å². The number of nitrogens with zero attached hydrogens (tertiary/aromatic N) is 2. The number of nitrogens with one attached hydrogen (secondary N) is 1. The van der Waals surface area contributed by atoms with E-state index in [0.717, 1.165) is 32.1 Å². The van der Waals surface area contributed by atoms with Gasteiger partial charge in [0.05, 0.1) is 11.5 Å². The van der Waals surface area contributed by atoms with E-state index in [1.165, 1.54) is 25.8 Å². The molecule has 0 amide bonds. The van der Waals surface area contributed by atoms with Crippen molar-refractivity contribution in [3.05, 3.63) is 0 Å². The van der Waals surface area contributed by atoms with E-state index in [1.807, 2.05) is 13.8 Å². The van der Waals surface area contributed by atoms with Crippen molar-refractivity contribution >= 4 is 0 Å². The van der Waals surface area contributed by atoms with Gasteiger partial charge in [-0.25, -0.2) is 0 Å². The number of rotatable bonds is 6. The predicted molar refractivity (Wildman–Crippen MR) is 71.8 cm³/mol. The van der Waals surface area contributed by atoms with Gasteiger partial charge >= 0.3 is 0 Å². The van der Waals surface area contributed by atoms with Crippen LogP contribution in [0.4, 0.5) is 0 Å². The van der Waals surface area contributed by atoms with Gasteiger partial charge in [-0.05, 0) is 65.7 Å². The Balaban J connectivity index is 2.45. The SMILES string of the molecule is CCCN(CCC(C)(C)C#N)C1CCNCC1. The summed E-state index contributed by atoms with van der Waals surface area (Å²) in [4.78, 5) is 2.60. The summed E-state index contributed by atoms with van der Waals surface area (Å²) in [6, 6.07) is 3.13. The summed E-state index contributed by atoms with van der Waals surface area (Å²) in [5.41, 5.74) is -0.182. The van der Waals surface area contributed by atoms with E-state index < -0.39 is 0 Å². The number of piperidine rings is 1. The fourth-order valence-corrected chi connectivity index (χ4v) is 2.42. The lowest BCUT2D eigenvalue weighted by atomic mass is 9.90. The summed E-state index contributed by atoms with van der Waals surface area (Å²) >= 11 is 0. The van der Waals surface area contributed by atoms with Gasteiger partial charge in [-0.2, -0.15) is 5.26 Å². The van der Waals surface area contributed by atoms with Gasteiger partial charge in [-0.3, -0.25) is 0 Å². The van der Waals surface area contributed by atoms with Gasteiger partial charge in [0, 0.05) is 6.04 Å². The van der Waals surface area contributed by atoms with Crippen molar-refractivity contribution in [3.63, 3.8) is 0 Å². The maximum atomic E-state index is 9.07. The maximum Gasteiger partial charge on any atom is 0.0684 e. The van der Waals surface area contributed by atoms with Crippen LogP contribution in [0.15, 0.2) is 0 Å². The van der Waals surface area contributed by atoms with E-state index in [4.69, 9.17) is 5.26 Å². The van der Waals surface area contributed by atoms with Crippen molar-refractivity contribution in [2.45, 2.75) is 52.5 Å². The summed E-state index contributed by atoms with van der Waals surface area (Å²) in [5.74, 6) is 0. The highest BCUT2D eigenvalue weighted by atomic mass is 15.2. The molecule has 0 aromatic carbocycles. The van der Waals surface area contributed by atoms with Crippen LogP contribution in [0, 0.1) is 16.7 Å². The van der Waals surface area contributed by atoms with Crippen molar-refractivity contribution in [3.8, 4) is 6.07 Å². The first-order valence-corrected chi connectivity index (χ1v) is 6.95. The molecule has 0 bridgehead atoms. The molecular formula is C14H27N3. The van der Waals surface area contributed by atoms with Crippen LogP contribution in [0.1, 0.15) is 46.5 Å². The molecule has 0 spiro atoms. The van der Waals surface area contributed by atoms with Crippen molar-refractivity contribution in [1.82, 2.24) is 10.2 Å².